The Hall–Kier alpha value is -1.92. The highest BCUT2D eigenvalue weighted by atomic mass is 19.1. The zero-order valence-corrected chi connectivity index (χ0v) is 9.06. The van der Waals surface area contributed by atoms with Gasteiger partial charge in [-0.15, -0.1) is 0 Å². The molecule has 0 radical (unpaired) electrons. The minimum Gasteiger partial charge on any atom is -0.448 e. The van der Waals surface area contributed by atoms with E-state index in [1.807, 2.05) is 0 Å². The first-order valence-electron chi connectivity index (χ1n) is 5.21. The van der Waals surface area contributed by atoms with E-state index in [0.29, 0.717) is 6.42 Å². The second-order valence-electron chi connectivity index (χ2n) is 3.88. The van der Waals surface area contributed by atoms with E-state index in [1.165, 1.54) is 12.5 Å². The molecule has 2 heterocycles. The molecule has 1 aliphatic rings. The van der Waals surface area contributed by atoms with Gasteiger partial charge in [0.2, 0.25) is 11.8 Å². The summed E-state index contributed by atoms with van der Waals surface area (Å²) in [5.74, 6) is -3.86. The number of hydrogen-bond donors (Lipinski definition) is 1. The fraction of sp³-hybridized carbons (Fsp3) is 0.500. The van der Waals surface area contributed by atoms with Crippen molar-refractivity contribution in [3.05, 3.63) is 18.4 Å². The topological polar surface area (TPSA) is 89.4 Å². The number of carbonyl (C=O) groups excluding carboxylic acids is 2. The average Bonchev–Trinajstić information content (AvgIpc) is 2.87. The first-order chi connectivity index (χ1) is 8.04. The van der Waals surface area contributed by atoms with Gasteiger partial charge in [-0.05, 0) is 6.42 Å². The van der Waals surface area contributed by atoms with Crippen LogP contribution >= 0.6 is 0 Å². The van der Waals surface area contributed by atoms with Gasteiger partial charge in [-0.25, -0.2) is 9.37 Å². The molecule has 92 valence electrons. The molecule has 1 aliphatic heterocycles. The third-order valence-corrected chi connectivity index (χ3v) is 2.78. The Labute approximate surface area is 96.6 Å². The maximum atomic E-state index is 14.2. The van der Waals surface area contributed by atoms with Gasteiger partial charge in [-0.3, -0.25) is 9.59 Å². The van der Waals surface area contributed by atoms with Gasteiger partial charge in [0.25, 0.3) is 11.7 Å². The fourth-order valence-electron chi connectivity index (χ4n) is 1.93. The summed E-state index contributed by atoms with van der Waals surface area (Å²) >= 11 is 0. The number of carbonyl (C=O) groups is 2. The van der Waals surface area contributed by atoms with Crippen LogP contribution in [-0.2, 0) is 16.0 Å². The van der Waals surface area contributed by atoms with Crippen LogP contribution in [0.1, 0.15) is 18.7 Å². The maximum Gasteiger partial charge on any atom is 0.276 e. The Morgan fingerprint density at radius 3 is 3.00 bits per heavy atom. The van der Waals surface area contributed by atoms with Crippen molar-refractivity contribution < 1.29 is 18.4 Å². The lowest BCUT2D eigenvalue weighted by Crippen LogP contribution is -2.53. The Morgan fingerprint density at radius 2 is 2.41 bits per heavy atom. The van der Waals surface area contributed by atoms with E-state index in [0.717, 1.165) is 4.90 Å². The molecule has 1 atom stereocenters. The van der Waals surface area contributed by atoms with Crippen LogP contribution in [0.25, 0.3) is 0 Å². The van der Waals surface area contributed by atoms with Crippen LogP contribution in [0.5, 0.6) is 0 Å². The first-order valence-corrected chi connectivity index (χ1v) is 5.21. The fourth-order valence-corrected chi connectivity index (χ4v) is 1.93. The molecule has 7 heteroatoms. The minimum atomic E-state index is -2.37. The molecule has 0 bridgehead atoms. The van der Waals surface area contributed by atoms with E-state index >= 15 is 0 Å². The van der Waals surface area contributed by atoms with Gasteiger partial charge in [0.15, 0.2) is 0 Å². The van der Waals surface area contributed by atoms with Crippen LogP contribution in [0.2, 0.25) is 0 Å². The lowest BCUT2D eigenvalue weighted by molar-refractivity contribution is -0.153. The first kappa shape index (κ1) is 11.6. The molecule has 0 aromatic carbocycles. The van der Waals surface area contributed by atoms with Crippen LogP contribution in [0, 0.1) is 0 Å². The van der Waals surface area contributed by atoms with Crippen molar-refractivity contribution in [1.29, 1.82) is 0 Å². The highest BCUT2D eigenvalue weighted by Gasteiger charge is 2.49. The molecule has 1 aromatic heterocycles. The molecule has 0 spiro atoms. The molecule has 2 rings (SSSR count). The maximum absolute atomic E-state index is 14.2. The quantitative estimate of drug-likeness (QED) is 0.754. The van der Waals surface area contributed by atoms with Crippen LogP contribution in [0.15, 0.2) is 16.9 Å². The van der Waals surface area contributed by atoms with E-state index in [2.05, 4.69) is 4.98 Å². The summed E-state index contributed by atoms with van der Waals surface area (Å²) < 4.78 is 19.1. The van der Waals surface area contributed by atoms with Gasteiger partial charge in [0.05, 0.1) is 6.20 Å². The number of oxazole rings is 1. The van der Waals surface area contributed by atoms with E-state index in [4.69, 9.17) is 10.2 Å². The molecule has 2 N–H and O–H groups in total. The zero-order chi connectivity index (χ0) is 12.5. The summed E-state index contributed by atoms with van der Waals surface area (Å²) in [5.41, 5.74) is 4.99. The summed E-state index contributed by atoms with van der Waals surface area (Å²) in [5, 5.41) is 0. The highest BCUT2D eigenvalue weighted by Crippen LogP contribution is 2.31. The predicted molar refractivity (Wildman–Crippen MR) is 54.2 cm³/mol. The lowest BCUT2D eigenvalue weighted by atomic mass is 10.1. The van der Waals surface area contributed by atoms with Crippen molar-refractivity contribution in [2.45, 2.75) is 25.1 Å². The van der Waals surface area contributed by atoms with E-state index in [-0.39, 0.29) is 25.3 Å². The van der Waals surface area contributed by atoms with E-state index in [1.54, 1.807) is 0 Å². The zero-order valence-electron chi connectivity index (χ0n) is 9.06. The molecule has 2 amide bonds. The van der Waals surface area contributed by atoms with Crippen molar-refractivity contribution in [1.82, 2.24) is 9.88 Å². The van der Waals surface area contributed by atoms with Crippen molar-refractivity contribution in [3.8, 4) is 0 Å². The van der Waals surface area contributed by atoms with Crippen LogP contribution < -0.4 is 5.73 Å². The molecule has 17 heavy (non-hydrogen) atoms. The van der Waals surface area contributed by atoms with Gasteiger partial charge >= 0.3 is 0 Å². The summed E-state index contributed by atoms with van der Waals surface area (Å²) in [6.45, 7) is 0.180. The largest absolute Gasteiger partial charge is 0.448 e. The van der Waals surface area contributed by atoms with Crippen molar-refractivity contribution in [2.75, 3.05) is 6.54 Å². The highest BCUT2D eigenvalue weighted by molar-refractivity contribution is 5.90. The number of hydrogen-bond acceptors (Lipinski definition) is 4. The second kappa shape index (κ2) is 4.15. The Balaban J connectivity index is 2.11. The van der Waals surface area contributed by atoms with Crippen LogP contribution in [-0.4, -0.2) is 34.0 Å². The average molecular weight is 241 g/mol. The van der Waals surface area contributed by atoms with Gasteiger partial charge in [0, 0.05) is 13.0 Å². The SMILES string of the molecule is NC(=O)C1(F)CCCN1C(=O)Cc1ncco1. The van der Waals surface area contributed by atoms with Crippen molar-refractivity contribution >= 4 is 11.8 Å². The second-order valence-corrected chi connectivity index (χ2v) is 3.88. The number of likely N-dealkylation sites (tertiary alicyclic amines) is 1. The Bertz CT molecular complexity index is 434. The summed E-state index contributed by atoms with van der Waals surface area (Å²) in [4.78, 5) is 27.5. The molecular weight excluding hydrogens is 229 g/mol. The molecule has 0 saturated carbocycles. The molecule has 1 fully saturated rings. The van der Waals surface area contributed by atoms with Gasteiger partial charge < -0.3 is 15.1 Å². The van der Waals surface area contributed by atoms with Gasteiger partial charge in [0.1, 0.15) is 12.7 Å². The van der Waals surface area contributed by atoms with Crippen molar-refractivity contribution in [2.24, 2.45) is 5.73 Å². The monoisotopic (exact) mass is 241 g/mol. The molecule has 1 aromatic rings. The molecule has 6 nitrogen and oxygen atoms in total. The normalized spacial score (nSPS) is 23.9. The summed E-state index contributed by atoms with van der Waals surface area (Å²) in [6.07, 6.45) is 2.90. The predicted octanol–water partition coefficient (Wildman–Crippen LogP) is -0.00940. The number of nitrogens with two attached hydrogens (primary N) is 1. The standard InChI is InChI=1S/C10H12FN3O3/c11-10(9(12)16)2-1-4-14(10)8(15)6-7-13-3-5-17-7/h3,5H,1-2,4,6H2,(H2,12,16). The van der Waals surface area contributed by atoms with E-state index < -0.39 is 17.6 Å². The smallest absolute Gasteiger partial charge is 0.276 e. The number of aromatic nitrogens is 1. The van der Waals surface area contributed by atoms with Crippen molar-refractivity contribution in [3.63, 3.8) is 0 Å². The third kappa shape index (κ3) is 2.00. The van der Waals surface area contributed by atoms with Gasteiger partial charge in [-0.2, -0.15) is 0 Å². The Kier molecular flexibility index (Phi) is 2.83. The van der Waals surface area contributed by atoms with E-state index in [9.17, 15) is 14.0 Å². The van der Waals surface area contributed by atoms with Crippen LogP contribution in [0.3, 0.4) is 0 Å². The summed E-state index contributed by atoms with van der Waals surface area (Å²) in [7, 11) is 0. The number of amides is 2. The number of primary amides is 1. The lowest BCUT2D eigenvalue weighted by Gasteiger charge is -2.27. The number of alkyl halides is 1. The molecule has 0 aliphatic carbocycles. The number of nitrogens with zero attached hydrogens (tertiary/aromatic N) is 2. The minimum absolute atomic E-state index is 0.0559. The third-order valence-electron chi connectivity index (χ3n) is 2.78. The molecular formula is C10H12FN3O3. The number of rotatable bonds is 3. The Morgan fingerprint density at radius 1 is 1.65 bits per heavy atom. The molecule has 1 unspecified atom stereocenters. The summed E-state index contributed by atoms with van der Waals surface area (Å²) in [6, 6.07) is 0. The molecule has 1 saturated heterocycles. The number of halogens is 1. The van der Waals surface area contributed by atoms with Crippen LogP contribution in [0.4, 0.5) is 4.39 Å². The van der Waals surface area contributed by atoms with Gasteiger partial charge in [-0.1, -0.05) is 0 Å².